The van der Waals surface area contributed by atoms with Crippen molar-refractivity contribution in [1.29, 1.82) is 0 Å². The second-order valence-corrected chi connectivity index (χ2v) is 6.54. The van der Waals surface area contributed by atoms with Crippen LogP contribution >= 0.6 is 22.9 Å². The molecule has 1 heterocycles. The number of nitro benzene ring substituents is 1. The molecule has 0 bridgehead atoms. The number of carbonyl (C=O) groups excluding carboxylic acids is 1. The molecule has 0 aliphatic carbocycles. The SMILES string of the molecule is COc1ccc2c(Cl)c(C(=O)OCc3cccc([N+](=O)[O-])c3)sc2c1. The van der Waals surface area contributed by atoms with Gasteiger partial charge in [0.15, 0.2) is 0 Å². The first-order valence-electron chi connectivity index (χ1n) is 7.16. The number of hydrogen-bond donors (Lipinski definition) is 0. The lowest BCUT2D eigenvalue weighted by Gasteiger charge is -2.04. The molecule has 0 aliphatic rings. The number of fused-ring (bicyclic) bond motifs is 1. The van der Waals surface area contributed by atoms with Gasteiger partial charge in [-0.15, -0.1) is 11.3 Å². The highest BCUT2D eigenvalue weighted by molar-refractivity contribution is 7.21. The summed E-state index contributed by atoms with van der Waals surface area (Å²) in [7, 11) is 1.56. The van der Waals surface area contributed by atoms with Crippen LogP contribution in [0.25, 0.3) is 10.1 Å². The average molecular weight is 378 g/mol. The minimum absolute atomic E-state index is 0.0551. The molecule has 0 aliphatic heterocycles. The molecule has 1 aromatic heterocycles. The van der Waals surface area contributed by atoms with Crippen LogP contribution in [0.15, 0.2) is 42.5 Å². The van der Waals surface area contributed by atoms with Crippen LogP contribution in [-0.4, -0.2) is 18.0 Å². The van der Waals surface area contributed by atoms with E-state index in [1.54, 1.807) is 37.4 Å². The van der Waals surface area contributed by atoms with Crippen molar-refractivity contribution in [3.63, 3.8) is 0 Å². The Balaban J connectivity index is 1.79. The summed E-state index contributed by atoms with van der Waals surface area (Å²) in [6.45, 7) is -0.0750. The molecule has 8 heteroatoms. The summed E-state index contributed by atoms with van der Waals surface area (Å²) in [5.74, 6) is 0.0959. The molecule has 2 aromatic carbocycles. The van der Waals surface area contributed by atoms with Crippen LogP contribution in [0.4, 0.5) is 5.69 Å². The summed E-state index contributed by atoms with van der Waals surface area (Å²) in [6, 6.07) is 11.3. The standard InChI is InChI=1S/C17H12ClNO5S/c1-23-12-5-6-13-14(8-12)25-16(15(13)18)17(20)24-9-10-3-2-4-11(7-10)19(21)22/h2-8H,9H2,1H3. The van der Waals surface area contributed by atoms with Crippen molar-refractivity contribution in [2.24, 2.45) is 0 Å². The number of carbonyl (C=O) groups is 1. The molecule has 0 fully saturated rings. The molecule has 25 heavy (non-hydrogen) atoms. The molecular weight excluding hydrogens is 366 g/mol. The van der Waals surface area contributed by atoms with Crippen molar-refractivity contribution in [1.82, 2.24) is 0 Å². The van der Waals surface area contributed by atoms with Crippen molar-refractivity contribution >= 4 is 44.7 Å². The van der Waals surface area contributed by atoms with Gasteiger partial charge in [-0.25, -0.2) is 4.79 Å². The fourth-order valence-corrected chi connectivity index (χ4v) is 3.71. The summed E-state index contributed by atoms with van der Waals surface area (Å²) >= 11 is 7.49. The van der Waals surface area contributed by atoms with Crippen LogP contribution in [0.3, 0.4) is 0 Å². The molecule has 0 atom stereocenters. The Morgan fingerprint density at radius 2 is 2.08 bits per heavy atom. The van der Waals surface area contributed by atoms with E-state index in [0.717, 1.165) is 10.1 Å². The van der Waals surface area contributed by atoms with E-state index < -0.39 is 10.9 Å². The van der Waals surface area contributed by atoms with Gasteiger partial charge >= 0.3 is 5.97 Å². The number of hydrogen-bond acceptors (Lipinski definition) is 6. The molecule has 0 unspecified atom stereocenters. The maximum absolute atomic E-state index is 12.3. The predicted molar refractivity (Wildman–Crippen MR) is 95.6 cm³/mol. The Hall–Kier alpha value is -2.64. The largest absolute Gasteiger partial charge is 0.497 e. The lowest BCUT2D eigenvalue weighted by molar-refractivity contribution is -0.384. The molecule has 128 valence electrons. The lowest BCUT2D eigenvalue weighted by Crippen LogP contribution is -2.04. The Morgan fingerprint density at radius 3 is 2.80 bits per heavy atom. The highest BCUT2D eigenvalue weighted by atomic mass is 35.5. The van der Waals surface area contributed by atoms with E-state index in [1.165, 1.54) is 23.5 Å². The van der Waals surface area contributed by atoms with Gasteiger partial charge < -0.3 is 9.47 Å². The smallest absolute Gasteiger partial charge is 0.350 e. The zero-order valence-corrected chi connectivity index (χ0v) is 14.6. The number of ether oxygens (including phenoxy) is 2. The Kier molecular flexibility index (Phi) is 4.87. The van der Waals surface area contributed by atoms with Crippen LogP contribution < -0.4 is 4.74 Å². The van der Waals surface area contributed by atoms with E-state index in [9.17, 15) is 14.9 Å². The Labute approximate surface area is 151 Å². The van der Waals surface area contributed by atoms with Gasteiger partial charge in [0.05, 0.1) is 17.1 Å². The fraction of sp³-hybridized carbons (Fsp3) is 0.118. The van der Waals surface area contributed by atoms with E-state index in [0.29, 0.717) is 16.3 Å². The first kappa shape index (κ1) is 17.2. The molecule has 0 amide bonds. The molecule has 0 saturated carbocycles. The Morgan fingerprint density at radius 1 is 1.28 bits per heavy atom. The average Bonchev–Trinajstić information content (AvgIpc) is 2.96. The monoisotopic (exact) mass is 377 g/mol. The van der Waals surface area contributed by atoms with Gasteiger partial charge in [0.2, 0.25) is 0 Å². The summed E-state index contributed by atoms with van der Waals surface area (Å²) in [5.41, 5.74) is 0.474. The van der Waals surface area contributed by atoms with Crippen molar-refractivity contribution in [3.8, 4) is 5.75 Å². The summed E-state index contributed by atoms with van der Waals surface area (Å²) in [5, 5.41) is 11.9. The number of non-ortho nitro benzene ring substituents is 1. The van der Waals surface area contributed by atoms with E-state index in [4.69, 9.17) is 21.1 Å². The van der Waals surface area contributed by atoms with E-state index in [-0.39, 0.29) is 17.2 Å². The minimum Gasteiger partial charge on any atom is -0.497 e. The first-order valence-corrected chi connectivity index (χ1v) is 8.35. The molecule has 3 aromatic rings. The van der Waals surface area contributed by atoms with Crippen LogP contribution in [-0.2, 0) is 11.3 Å². The first-order chi connectivity index (χ1) is 12.0. The van der Waals surface area contributed by atoms with Gasteiger partial charge in [-0.1, -0.05) is 23.7 Å². The highest BCUT2D eigenvalue weighted by Gasteiger charge is 2.19. The van der Waals surface area contributed by atoms with Gasteiger partial charge in [-0.2, -0.15) is 0 Å². The number of halogens is 1. The fourth-order valence-electron chi connectivity index (χ4n) is 2.28. The molecule has 0 spiro atoms. The maximum Gasteiger partial charge on any atom is 0.350 e. The summed E-state index contributed by atoms with van der Waals surface area (Å²) in [6.07, 6.45) is 0. The van der Waals surface area contributed by atoms with Gasteiger partial charge in [0.25, 0.3) is 5.69 Å². The van der Waals surface area contributed by atoms with Gasteiger partial charge in [-0.05, 0) is 23.8 Å². The van der Waals surface area contributed by atoms with Crippen molar-refractivity contribution in [2.45, 2.75) is 6.61 Å². The zero-order valence-electron chi connectivity index (χ0n) is 13.0. The summed E-state index contributed by atoms with van der Waals surface area (Å²) in [4.78, 5) is 22.9. The Bertz CT molecular complexity index is 969. The number of methoxy groups -OCH3 is 1. The van der Waals surface area contributed by atoms with Crippen LogP contribution in [0, 0.1) is 10.1 Å². The third-order valence-electron chi connectivity index (χ3n) is 3.51. The number of nitro groups is 1. The van der Waals surface area contributed by atoms with Crippen molar-refractivity contribution in [2.75, 3.05) is 7.11 Å². The lowest BCUT2D eigenvalue weighted by atomic mass is 10.2. The maximum atomic E-state index is 12.3. The zero-order chi connectivity index (χ0) is 18.0. The summed E-state index contributed by atoms with van der Waals surface area (Å²) < 4.78 is 11.2. The molecule has 0 N–H and O–H groups in total. The number of rotatable bonds is 5. The molecule has 3 rings (SSSR count). The topological polar surface area (TPSA) is 78.7 Å². The quantitative estimate of drug-likeness (QED) is 0.361. The highest BCUT2D eigenvalue weighted by Crippen LogP contribution is 2.37. The second-order valence-electron chi connectivity index (χ2n) is 5.11. The number of esters is 1. The molecule has 0 radical (unpaired) electrons. The number of benzene rings is 2. The molecule has 6 nitrogen and oxygen atoms in total. The minimum atomic E-state index is -0.573. The van der Waals surface area contributed by atoms with Crippen LogP contribution in [0.5, 0.6) is 5.75 Å². The van der Waals surface area contributed by atoms with Gasteiger partial charge in [0.1, 0.15) is 17.2 Å². The van der Waals surface area contributed by atoms with Gasteiger partial charge in [0, 0.05) is 22.2 Å². The number of thiophene rings is 1. The van der Waals surface area contributed by atoms with Crippen molar-refractivity contribution in [3.05, 3.63) is 68.0 Å². The van der Waals surface area contributed by atoms with E-state index >= 15 is 0 Å². The second kappa shape index (κ2) is 7.08. The number of nitrogens with zero attached hydrogens (tertiary/aromatic N) is 1. The van der Waals surface area contributed by atoms with E-state index in [1.807, 2.05) is 0 Å². The third-order valence-corrected chi connectivity index (χ3v) is 5.15. The molecular formula is C17H12ClNO5S. The van der Waals surface area contributed by atoms with E-state index in [2.05, 4.69) is 0 Å². The van der Waals surface area contributed by atoms with Crippen LogP contribution in [0.2, 0.25) is 5.02 Å². The normalized spacial score (nSPS) is 10.6. The van der Waals surface area contributed by atoms with Gasteiger partial charge in [-0.3, -0.25) is 10.1 Å². The third kappa shape index (κ3) is 3.57. The van der Waals surface area contributed by atoms with Crippen LogP contribution in [0.1, 0.15) is 15.2 Å². The predicted octanol–water partition coefficient (Wildman–Crippen LogP) is 4.83. The molecule has 0 saturated heterocycles. The van der Waals surface area contributed by atoms with Crippen molar-refractivity contribution < 1.29 is 19.2 Å².